The molecule has 0 aromatic heterocycles. The summed E-state index contributed by atoms with van der Waals surface area (Å²) in [5, 5.41) is 2.89. The van der Waals surface area contributed by atoms with E-state index in [9.17, 15) is 9.59 Å². The molecular formula is C23H27NO4. The lowest BCUT2D eigenvalue weighted by Gasteiger charge is -2.20. The first kappa shape index (κ1) is 19.9. The van der Waals surface area contributed by atoms with Gasteiger partial charge in [0.2, 0.25) is 0 Å². The second kappa shape index (κ2) is 9.93. The average Bonchev–Trinajstić information content (AvgIpc) is 2.72. The van der Waals surface area contributed by atoms with E-state index < -0.39 is 5.97 Å². The third-order valence-corrected chi connectivity index (χ3v) is 4.93. The number of para-hydroxylation sites is 1. The molecule has 0 aliphatic heterocycles. The Kier molecular flexibility index (Phi) is 7.06. The van der Waals surface area contributed by atoms with Crippen molar-refractivity contribution in [2.75, 3.05) is 13.2 Å². The highest BCUT2D eigenvalue weighted by Gasteiger charge is 2.15. The lowest BCUT2D eigenvalue weighted by molar-refractivity contribution is -0.149. The van der Waals surface area contributed by atoms with Crippen molar-refractivity contribution in [1.82, 2.24) is 5.32 Å². The molecule has 1 N–H and O–H groups in total. The summed E-state index contributed by atoms with van der Waals surface area (Å²) in [6.07, 6.45) is 4.82. The van der Waals surface area contributed by atoms with Crippen LogP contribution in [-0.4, -0.2) is 25.1 Å². The maximum Gasteiger partial charge on any atom is 0.309 e. The Morgan fingerprint density at radius 2 is 1.79 bits per heavy atom. The number of fused-ring (bicyclic) bond motifs is 1. The molecule has 2 aromatic carbocycles. The molecule has 1 unspecified atom stereocenters. The van der Waals surface area contributed by atoms with Crippen LogP contribution in [0.3, 0.4) is 0 Å². The van der Waals surface area contributed by atoms with Crippen molar-refractivity contribution in [3.05, 3.63) is 65.2 Å². The van der Waals surface area contributed by atoms with Crippen molar-refractivity contribution in [2.45, 2.75) is 45.1 Å². The summed E-state index contributed by atoms with van der Waals surface area (Å²) >= 11 is 0. The van der Waals surface area contributed by atoms with Gasteiger partial charge < -0.3 is 14.8 Å². The van der Waals surface area contributed by atoms with Crippen molar-refractivity contribution >= 4 is 11.9 Å². The van der Waals surface area contributed by atoms with Gasteiger partial charge in [0.15, 0.2) is 6.61 Å². The van der Waals surface area contributed by atoms with Gasteiger partial charge in [0, 0.05) is 0 Å². The molecule has 0 spiro atoms. The van der Waals surface area contributed by atoms with Crippen LogP contribution < -0.4 is 10.1 Å². The van der Waals surface area contributed by atoms with Crippen molar-refractivity contribution in [3.63, 3.8) is 0 Å². The standard InChI is InChI=1S/C23H27NO4/c1-17(19-12-11-18-7-5-6-8-20(18)15-19)24-22(25)16-28-23(26)13-14-27-21-9-3-2-4-10-21/h2-4,9-12,15,17H,5-8,13-14,16H2,1H3,(H,24,25). The third kappa shape index (κ3) is 5.84. The summed E-state index contributed by atoms with van der Waals surface area (Å²) in [6.45, 7) is 1.88. The Morgan fingerprint density at radius 3 is 2.57 bits per heavy atom. The average molecular weight is 381 g/mol. The van der Waals surface area contributed by atoms with Crippen LogP contribution in [0, 0.1) is 0 Å². The van der Waals surface area contributed by atoms with Crippen LogP contribution in [0.4, 0.5) is 0 Å². The normalized spacial score (nSPS) is 13.9. The lowest BCUT2D eigenvalue weighted by atomic mass is 9.89. The molecule has 0 bridgehead atoms. The Labute approximate surface area is 166 Å². The number of carbonyl (C=O) groups is 2. The molecule has 1 aliphatic rings. The monoisotopic (exact) mass is 381 g/mol. The van der Waals surface area contributed by atoms with Crippen molar-refractivity contribution in [2.24, 2.45) is 0 Å². The Morgan fingerprint density at radius 1 is 1.04 bits per heavy atom. The number of nitrogens with one attached hydrogen (secondary N) is 1. The fourth-order valence-electron chi connectivity index (χ4n) is 3.38. The fraction of sp³-hybridized carbons (Fsp3) is 0.391. The van der Waals surface area contributed by atoms with Crippen LogP contribution in [0.5, 0.6) is 5.75 Å². The number of aryl methyl sites for hydroxylation is 2. The van der Waals surface area contributed by atoms with Crippen LogP contribution >= 0.6 is 0 Å². The lowest BCUT2D eigenvalue weighted by Crippen LogP contribution is -2.31. The Bertz CT molecular complexity index is 804. The van der Waals surface area contributed by atoms with Gasteiger partial charge in [0.25, 0.3) is 5.91 Å². The molecule has 0 heterocycles. The van der Waals surface area contributed by atoms with E-state index in [4.69, 9.17) is 9.47 Å². The van der Waals surface area contributed by atoms with Gasteiger partial charge in [-0.15, -0.1) is 0 Å². The minimum Gasteiger partial charge on any atom is -0.493 e. The van der Waals surface area contributed by atoms with Gasteiger partial charge in [-0.2, -0.15) is 0 Å². The molecule has 2 aromatic rings. The Balaban J connectivity index is 1.38. The van der Waals surface area contributed by atoms with Gasteiger partial charge >= 0.3 is 5.97 Å². The van der Waals surface area contributed by atoms with Crippen molar-refractivity contribution in [3.8, 4) is 5.75 Å². The summed E-state index contributed by atoms with van der Waals surface area (Å²) in [5.41, 5.74) is 3.88. The van der Waals surface area contributed by atoms with E-state index in [-0.39, 0.29) is 31.6 Å². The molecule has 28 heavy (non-hydrogen) atoms. The molecule has 5 heteroatoms. The first-order chi connectivity index (χ1) is 13.6. The number of ether oxygens (including phenoxy) is 2. The second-order valence-corrected chi connectivity index (χ2v) is 7.10. The highest BCUT2D eigenvalue weighted by Crippen LogP contribution is 2.24. The van der Waals surface area contributed by atoms with Crippen molar-refractivity contribution < 1.29 is 19.1 Å². The van der Waals surface area contributed by atoms with Gasteiger partial charge in [-0.05, 0) is 61.4 Å². The molecule has 1 amide bonds. The number of hydrogen-bond acceptors (Lipinski definition) is 4. The van der Waals surface area contributed by atoms with E-state index in [1.807, 2.05) is 37.3 Å². The molecule has 1 aliphatic carbocycles. The molecular weight excluding hydrogens is 354 g/mol. The number of hydrogen-bond donors (Lipinski definition) is 1. The zero-order chi connectivity index (χ0) is 19.8. The minimum atomic E-state index is -0.451. The zero-order valence-electron chi connectivity index (χ0n) is 16.3. The van der Waals surface area contributed by atoms with E-state index in [0.717, 1.165) is 18.4 Å². The van der Waals surface area contributed by atoms with E-state index in [1.54, 1.807) is 0 Å². The molecule has 3 rings (SSSR count). The molecule has 0 radical (unpaired) electrons. The summed E-state index contributed by atoms with van der Waals surface area (Å²) in [4.78, 5) is 23.9. The van der Waals surface area contributed by atoms with Gasteiger partial charge in [0.05, 0.1) is 19.1 Å². The molecule has 1 atom stereocenters. The number of benzene rings is 2. The first-order valence-corrected chi connectivity index (χ1v) is 9.86. The van der Waals surface area contributed by atoms with Gasteiger partial charge in [-0.1, -0.05) is 36.4 Å². The van der Waals surface area contributed by atoms with E-state index >= 15 is 0 Å². The first-order valence-electron chi connectivity index (χ1n) is 9.86. The zero-order valence-corrected chi connectivity index (χ0v) is 16.3. The third-order valence-electron chi connectivity index (χ3n) is 4.93. The van der Waals surface area contributed by atoms with E-state index in [2.05, 4.69) is 23.5 Å². The van der Waals surface area contributed by atoms with E-state index in [0.29, 0.717) is 5.75 Å². The fourth-order valence-corrected chi connectivity index (χ4v) is 3.38. The SMILES string of the molecule is CC(NC(=O)COC(=O)CCOc1ccccc1)c1ccc2c(c1)CCCC2. The number of carbonyl (C=O) groups excluding carboxylic acids is 2. The molecule has 148 valence electrons. The number of amides is 1. The van der Waals surface area contributed by atoms with Crippen LogP contribution in [0.25, 0.3) is 0 Å². The molecule has 0 saturated heterocycles. The smallest absolute Gasteiger partial charge is 0.309 e. The molecule has 5 nitrogen and oxygen atoms in total. The summed E-state index contributed by atoms with van der Waals surface area (Å²) < 4.78 is 10.5. The largest absolute Gasteiger partial charge is 0.493 e. The van der Waals surface area contributed by atoms with Crippen LogP contribution in [0.15, 0.2) is 48.5 Å². The summed E-state index contributed by atoms with van der Waals surface area (Å²) in [7, 11) is 0. The quantitative estimate of drug-likeness (QED) is 0.707. The summed E-state index contributed by atoms with van der Waals surface area (Å²) in [5.74, 6) is -0.0537. The summed E-state index contributed by atoms with van der Waals surface area (Å²) in [6, 6.07) is 15.6. The molecule has 0 saturated carbocycles. The van der Waals surface area contributed by atoms with Crippen molar-refractivity contribution in [1.29, 1.82) is 0 Å². The maximum absolute atomic E-state index is 12.1. The number of rotatable bonds is 8. The van der Waals surface area contributed by atoms with Crippen LogP contribution in [-0.2, 0) is 27.2 Å². The predicted octanol–water partition coefficient (Wildman–Crippen LogP) is 3.75. The van der Waals surface area contributed by atoms with Crippen LogP contribution in [0.2, 0.25) is 0 Å². The van der Waals surface area contributed by atoms with Crippen LogP contribution in [0.1, 0.15) is 48.9 Å². The topological polar surface area (TPSA) is 64.6 Å². The highest BCUT2D eigenvalue weighted by atomic mass is 16.5. The predicted molar refractivity (Wildman–Crippen MR) is 107 cm³/mol. The second-order valence-electron chi connectivity index (χ2n) is 7.10. The van der Waals surface area contributed by atoms with Gasteiger partial charge in [-0.3, -0.25) is 9.59 Å². The number of esters is 1. The van der Waals surface area contributed by atoms with E-state index in [1.165, 1.54) is 24.0 Å². The molecule has 0 fully saturated rings. The maximum atomic E-state index is 12.1. The van der Waals surface area contributed by atoms with Gasteiger partial charge in [0.1, 0.15) is 5.75 Å². The van der Waals surface area contributed by atoms with Gasteiger partial charge in [-0.25, -0.2) is 0 Å². The Hall–Kier alpha value is -2.82. The highest BCUT2D eigenvalue weighted by molar-refractivity contribution is 5.80. The minimum absolute atomic E-state index is 0.0998.